The molecular weight excluding hydrogens is 545 g/mol. The van der Waals surface area contributed by atoms with Crippen LogP contribution in [0.3, 0.4) is 0 Å². The third kappa shape index (κ3) is 6.51. The Labute approximate surface area is 224 Å². The number of hydrogen-bond donors (Lipinski definition) is 1. The molecule has 0 aliphatic carbocycles. The van der Waals surface area contributed by atoms with Crippen molar-refractivity contribution in [2.45, 2.75) is 31.0 Å². The molecule has 0 aliphatic heterocycles. The zero-order valence-electron chi connectivity index (χ0n) is 21.0. The number of carbonyl (C=O) groups is 1. The number of sulfonamides is 1. The topological polar surface area (TPSA) is 84.9 Å². The van der Waals surface area contributed by atoms with Gasteiger partial charge in [-0.3, -0.25) is 9.10 Å². The predicted octanol–water partition coefficient (Wildman–Crippen LogP) is 5.76. The van der Waals surface area contributed by atoms with Crippen molar-refractivity contribution in [3.05, 3.63) is 82.4 Å². The second kappa shape index (κ2) is 11.5. The van der Waals surface area contributed by atoms with Crippen LogP contribution in [0, 0.1) is 6.92 Å². The number of nitrogens with zero attached hydrogens (tertiary/aromatic N) is 1. The largest absolute Gasteiger partial charge is 0.493 e. The first-order valence-electron chi connectivity index (χ1n) is 11.3. The Balaban J connectivity index is 1.98. The molecule has 0 spiro atoms. The van der Waals surface area contributed by atoms with Gasteiger partial charge in [0.05, 0.1) is 41.4 Å². The van der Waals surface area contributed by atoms with Crippen LogP contribution in [0.4, 0.5) is 18.9 Å². The predicted molar refractivity (Wildman–Crippen MR) is 138 cm³/mol. The average Bonchev–Trinajstić information content (AvgIpc) is 2.86. The lowest BCUT2D eigenvalue weighted by Gasteiger charge is -2.26. The van der Waals surface area contributed by atoms with Crippen molar-refractivity contribution in [2.24, 2.45) is 0 Å². The average molecular weight is 571 g/mol. The Morgan fingerprint density at radius 3 is 2.21 bits per heavy atom. The van der Waals surface area contributed by atoms with Gasteiger partial charge in [0.25, 0.3) is 10.0 Å². The van der Waals surface area contributed by atoms with Crippen LogP contribution in [0.25, 0.3) is 0 Å². The first kappa shape index (κ1) is 29.1. The fourth-order valence-corrected chi connectivity index (χ4v) is 5.30. The molecule has 0 saturated carbocycles. The van der Waals surface area contributed by atoms with Crippen LogP contribution in [0.1, 0.15) is 29.7 Å². The number of amides is 1. The molecule has 0 fully saturated rings. The summed E-state index contributed by atoms with van der Waals surface area (Å²) < 4.78 is 78.8. The summed E-state index contributed by atoms with van der Waals surface area (Å²) in [4.78, 5) is 12.9. The maximum Gasteiger partial charge on any atom is 0.417 e. The Morgan fingerprint density at radius 2 is 1.63 bits per heavy atom. The van der Waals surface area contributed by atoms with Gasteiger partial charge >= 0.3 is 6.18 Å². The second-order valence-corrected chi connectivity index (χ2v) is 10.7. The molecule has 0 aliphatic rings. The van der Waals surface area contributed by atoms with Gasteiger partial charge < -0.3 is 14.8 Å². The van der Waals surface area contributed by atoms with Crippen LogP contribution in [-0.2, 0) is 21.0 Å². The number of anilines is 1. The van der Waals surface area contributed by atoms with Crippen LogP contribution in [0.15, 0.2) is 65.6 Å². The second-order valence-electron chi connectivity index (χ2n) is 8.39. The molecule has 38 heavy (non-hydrogen) atoms. The Kier molecular flexibility index (Phi) is 8.83. The van der Waals surface area contributed by atoms with Crippen molar-refractivity contribution in [3.63, 3.8) is 0 Å². The summed E-state index contributed by atoms with van der Waals surface area (Å²) in [6, 6.07) is 12.8. The summed E-state index contributed by atoms with van der Waals surface area (Å²) in [7, 11) is -1.50. The van der Waals surface area contributed by atoms with E-state index < -0.39 is 45.3 Å². The zero-order chi connectivity index (χ0) is 28.3. The monoisotopic (exact) mass is 570 g/mol. The van der Waals surface area contributed by atoms with Gasteiger partial charge in [-0.2, -0.15) is 13.2 Å². The summed E-state index contributed by atoms with van der Waals surface area (Å²) in [5.74, 6) is 0.162. The lowest BCUT2D eigenvalue weighted by molar-refractivity contribution is -0.137. The van der Waals surface area contributed by atoms with Crippen LogP contribution >= 0.6 is 11.6 Å². The molecule has 12 heteroatoms. The summed E-state index contributed by atoms with van der Waals surface area (Å²) in [6.45, 7) is 2.64. The number of benzene rings is 3. The Bertz CT molecular complexity index is 1410. The van der Waals surface area contributed by atoms with Crippen LogP contribution in [0.2, 0.25) is 5.02 Å². The van der Waals surface area contributed by atoms with Gasteiger partial charge in [-0.15, -0.1) is 0 Å². The molecule has 0 unspecified atom stereocenters. The molecule has 0 aromatic heterocycles. The number of rotatable bonds is 9. The van der Waals surface area contributed by atoms with Crippen molar-refractivity contribution in [1.29, 1.82) is 0 Å². The van der Waals surface area contributed by atoms with Gasteiger partial charge in [0.15, 0.2) is 11.5 Å². The van der Waals surface area contributed by atoms with Crippen molar-refractivity contribution >= 4 is 33.2 Å². The molecule has 0 heterocycles. The van der Waals surface area contributed by atoms with Gasteiger partial charge in [0.2, 0.25) is 5.91 Å². The molecule has 1 amide bonds. The third-order valence-electron chi connectivity index (χ3n) is 5.72. The standard InChI is InChI=1S/C26H26ClF3N2O5S/c1-16-5-9-20(10-6-16)38(34,35)32(19-8-11-22(27)21(14-19)26(28,29)30)15-25(33)31-17(2)18-7-12-23(36-3)24(13-18)37-4/h5-14,17H,15H2,1-4H3,(H,31,33)/t17-/m0/s1. The summed E-state index contributed by atoms with van der Waals surface area (Å²) in [5, 5.41) is 2.09. The first-order valence-corrected chi connectivity index (χ1v) is 13.1. The van der Waals surface area contributed by atoms with E-state index in [1.807, 2.05) is 0 Å². The zero-order valence-corrected chi connectivity index (χ0v) is 22.5. The molecule has 1 atom stereocenters. The van der Waals surface area contributed by atoms with Gasteiger partial charge in [0, 0.05) is 0 Å². The highest BCUT2D eigenvalue weighted by atomic mass is 35.5. The summed E-state index contributed by atoms with van der Waals surface area (Å²) in [6.07, 6.45) is -4.84. The SMILES string of the molecule is COc1ccc([C@H](C)NC(=O)CN(c2ccc(Cl)c(C(F)(F)F)c2)S(=O)(=O)c2ccc(C)cc2)cc1OC. The number of carbonyl (C=O) groups excluding carboxylic acids is 1. The normalized spacial score (nSPS) is 12.5. The van der Waals surface area contributed by atoms with Crippen molar-refractivity contribution in [2.75, 3.05) is 25.1 Å². The van der Waals surface area contributed by atoms with E-state index in [1.165, 1.54) is 26.4 Å². The number of halogens is 4. The van der Waals surface area contributed by atoms with E-state index in [9.17, 15) is 26.4 Å². The highest BCUT2D eigenvalue weighted by Gasteiger charge is 2.35. The van der Waals surface area contributed by atoms with E-state index in [0.717, 1.165) is 17.7 Å². The Hall–Kier alpha value is -3.44. The van der Waals surface area contributed by atoms with E-state index in [1.54, 1.807) is 44.2 Å². The lowest BCUT2D eigenvalue weighted by atomic mass is 10.1. The molecule has 3 aromatic rings. The van der Waals surface area contributed by atoms with E-state index in [4.69, 9.17) is 21.1 Å². The van der Waals surface area contributed by atoms with Crippen LogP contribution < -0.4 is 19.1 Å². The van der Waals surface area contributed by atoms with E-state index >= 15 is 0 Å². The number of aryl methyl sites for hydroxylation is 1. The molecule has 204 valence electrons. The molecule has 1 N–H and O–H groups in total. The maximum atomic E-state index is 13.5. The highest BCUT2D eigenvalue weighted by molar-refractivity contribution is 7.92. The number of alkyl halides is 3. The minimum Gasteiger partial charge on any atom is -0.493 e. The van der Waals surface area contributed by atoms with Gasteiger partial charge in [-0.25, -0.2) is 8.42 Å². The molecule has 3 aromatic carbocycles. The van der Waals surface area contributed by atoms with Gasteiger partial charge in [-0.05, 0) is 61.9 Å². The van der Waals surface area contributed by atoms with Crippen molar-refractivity contribution in [3.8, 4) is 11.5 Å². The van der Waals surface area contributed by atoms with Crippen molar-refractivity contribution in [1.82, 2.24) is 5.32 Å². The number of nitrogens with one attached hydrogen (secondary N) is 1. The van der Waals surface area contributed by atoms with Gasteiger partial charge in [0.1, 0.15) is 6.54 Å². The summed E-state index contributed by atoms with van der Waals surface area (Å²) >= 11 is 5.74. The maximum absolute atomic E-state index is 13.5. The smallest absolute Gasteiger partial charge is 0.417 e. The fraction of sp³-hybridized carbons (Fsp3) is 0.269. The van der Waals surface area contributed by atoms with Crippen LogP contribution in [-0.4, -0.2) is 35.1 Å². The molecular formula is C26H26ClF3N2O5S. The van der Waals surface area contributed by atoms with E-state index in [-0.39, 0.29) is 10.6 Å². The third-order valence-corrected chi connectivity index (χ3v) is 7.84. The summed E-state index contributed by atoms with van der Waals surface area (Å²) in [5.41, 5.74) is -0.172. The minimum absolute atomic E-state index is 0.188. The van der Waals surface area contributed by atoms with Crippen molar-refractivity contribution < 1.29 is 35.9 Å². The molecule has 0 saturated heterocycles. The molecule has 0 radical (unpaired) electrons. The molecule has 0 bridgehead atoms. The highest BCUT2D eigenvalue weighted by Crippen LogP contribution is 2.38. The molecule has 7 nitrogen and oxygen atoms in total. The Morgan fingerprint density at radius 1 is 1.00 bits per heavy atom. The molecule has 3 rings (SSSR count). The quantitative estimate of drug-likeness (QED) is 0.354. The first-order chi connectivity index (χ1) is 17.8. The number of ether oxygens (including phenoxy) is 2. The van der Waals surface area contributed by atoms with E-state index in [2.05, 4.69) is 5.32 Å². The van der Waals surface area contributed by atoms with Gasteiger partial charge in [-0.1, -0.05) is 35.4 Å². The minimum atomic E-state index is -4.84. The lowest BCUT2D eigenvalue weighted by Crippen LogP contribution is -2.41. The number of hydrogen-bond acceptors (Lipinski definition) is 5. The fourth-order valence-electron chi connectivity index (χ4n) is 3.66. The van der Waals surface area contributed by atoms with E-state index in [0.29, 0.717) is 27.4 Å². The number of methoxy groups -OCH3 is 2. The van der Waals surface area contributed by atoms with Crippen LogP contribution in [0.5, 0.6) is 11.5 Å².